The van der Waals surface area contributed by atoms with E-state index in [1.165, 1.54) is 24.1 Å². The Bertz CT molecular complexity index is 350. The normalized spacial score (nSPS) is 24.5. The van der Waals surface area contributed by atoms with Crippen LogP contribution in [0.15, 0.2) is 24.3 Å². The van der Waals surface area contributed by atoms with E-state index in [1.807, 2.05) is 12.1 Å². The van der Waals surface area contributed by atoms with Crippen molar-refractivity contribution in [2.24, 2.45) is 5.92 Å². The van der Waals surface area contributed by atoms with Crippen LogP contribution in [0.4, 0.5) is 4.39 Å². The molecule has 1 heterocycles. The molecule has 1 aromatic carbocycles. The Labute approximate surface area is 103 Å². The molecule has 2 unspecified atom stereocenters. The van der Waals surface area contributed by atoms with Crippen molar-refractivity contribution in [2.45, 2.75) is 25.9 Å². The lowest BCUT2D eigenvalue weighted by atomic mass is 10.0. The fourth-order valence-corrected chi connectivity index (χ4v) is 2.53. The van der Waals surface area contributed by atoms with E-state index < -0.39 is 0 Å². The van der Waals surface area contributed by atoms with Crippen LogP contribution in [0.1, 0.15) is 18.9 Å². The SMILES string of the molecule is CC1NCCC1CN(C)Cc1ccc(F)cc1. The van der Waals surface area contributed by atoms with Crippen LogP contribution in [0.3, 0.4) is 0 Å². The van der Waals surface area contributed by atoms with Crippen molar-refractivity contribution >= 4 is 0 Å². The summed E-state index contributed by atoms with van der Waals surface area (Å²) in [7, 11) is 2.13. The highest BCUT2D eigenvalue weighted by molar-refractivity contribution is 5.15. The topological polar surface area (TPSA) is 15.3 Å². The molecule has 1 aliphatic rings. The summed E-state index contributed by atoms with van der Waals surface area (Å²) >= 11 is 0. The Kier molecular flexibility index (Phi) is 4.13. The lowest BCUT2D eigenvalue weighted by Crippen LogP contribution is -2.32. The average Bonchev–Trinajstić information content (AvgIpc) is 2.68. The second kappa shape index (κ2) is 5.61. The molecule has 0 spiro atoms. The summed E-state index contributed by atoms with van der Waals surface area (Å²) in [6.45, 7) is 5.38. The third kappa shape index (κ3) is 3.51. The Morgan fingerprint density at radius 2 is 2.06 bits per heavy atom. The molecule has 0 aliphatic carbocycles. The molecule has 1 fully saturated rings. The van der Waals surface area contributed by atoms with Crippen LogP contribution in [0.5, 0.6) is 0 Å². The van der Waals surface area contributed by atoms with E-state index in [-0.39, 0.29) is 5.82 Å². The molecule has 94 valence electrons. The van der Waals surface area contributed by atoms with Gasteiger partial charge in [-0.1, -0.05) is 12.1 Å². The summed E-state index contributed by atoms with van der Waals surface area (Å²) < 4.78 is 12.8. The van der Waals surface area contributed by atoms with Gasteiger partial charge in [0.25, 0.3) is 0 Å². The van der Waals surface area contributed by atoms with Crippen molar-refractivity contribution in [1.82, 2.24) is 10.2 Å². The number of rotatable bonds is 4. The first-order valence-electron chi connectivity index (χ1n) is 6.31. The molecule has 2 rings (SSSR count). The van der Waals surface area contributed by atoms with Gasteiger partial charge in [-0.05, 0) is 50.6 Å². The monoisotopic (exact) mass is 236 g/mol. The van der Waals surface area contributed by atoms with E-state index in [2.05, 4.69) is 24.2 Å². The third-order valence-corrected chi connectivity index (χ3v) is 3.60. The largest absolute Gasteiger partial charge is 0.314 e. The highest BCUT2D eigenvalue weighted by atomic mass is 19.1. The molecule has 1 N–H and O–H groups in total. The zero-order chi connectivity index (χ0) is 12.3. The molecule has 2 nitrogen and oxygen atoms in total. The summed E-state index contributed by atoms with van der Waals surface area (Å²) in [4.78, 5) is 2.32. The van der Waals surface area contributed by atoms with Gasteiger partial charge in [0.1, 0.15) is 5.82 Å². The number of nitrogens with zero attached hydrogens (tertiary/aromatic N) is 1. The maximum atomic E-state index is 12.8. The quantitative estimate of drug-likeness (QED) is 0.862. The van der Waals surface area contributed by atoms with E-state index >= 15 is 0 Å². The highest BCUT2D eigenvalue weighted by Gasteiger charge is 2.23. The minimum Gasteiger partial charge on any atom is -0.314 e. The van der Waals surface area contributed by atoms with Crippen molar-refractivity contribution in [3.05, 3.63) is 35.6 Å². The van der Waals surface area contributed by atoms with Crippen molar-refractivity contribution in [3.63, 3.8) is 0 Å². The number of hydrogen-bond donors (Lipinski definition) is 1. The predicted molar refractivity (Wildman–Crippen MR) is 68.3 cm³/mol. The average molecular weight is 236 g/mol. The van der Waals surface area contributed by atoms with Crippen LogP contribution in [0.2, 0.25) is 0 Å². The molecule has 2 atom stereocenters. The van der Waals surface area contributed by atoms with E-state index in [9.17, 15) is 4.39 Å². The summed E-state index contributed by atoms with van der Waals surface area (Å²) in [6, 6.07) is 7.40. The van der Waals surface area contributed by atoms with Gasteiger partial charge < -0.3 is 10.2 Å². The molecule has 3 heteroatoms. The van der Waals surface area contributed by atoms with E-state index in [4.69, 9.17) is 0 Å². The van der Waals surface area contributed by atoms with E-state index in [0.717, 1.165) is 25.6 Å². The van der Waals surface area contributed by atoms with E-state index in [1.54, 1.807) is 0 Å². The van der Waals surface area contributed by atoms with Crippen LogP contribution < -0.4 is 5.32 Å². The van der Waals surface area contributed by atoms with Crippen LogP contribution in [-0.2, 0) is 6.54 Å². The lowest BCUT2D eigenvalue weighted by Gasteiger charge is -2.23. The van der Waals surface area contributed by atoms with Gasteiger partial charge in [-0.15, -0.1) is 0 Å². The Balaban J connectivity index is 1.84. The molecular weight excluding hydrogens is 215 g/mol. The van der Waals surface area contributed by atoms with Crippen LogP contribution >= 0.6 is 0 Å². The molecule has 0 saturated carbocycles. The first kappa shape index (κ1) is 12.5. The van der Waals surface area contributed by atoms with Crippen LogP contribution in [0, 0.1) is 11.7 Å². The minimum absolute atomic E-state index is 0.162. The van der Waals surface area contributed by atoms with Crippen LogP contribution in [0.25, 0.3) is 0 Å². The molecule has 0 bridgehead atoms. The Morgan fingerprint density at radius 1 is 1.35 bits per heavy atom. The van der Waals surface area contributed by atoms with Crippen molar-refractivity contribution < 1.29 is 4.39 Å². The molecular formula is C14H21FN2. The van der Waals surface area contributed by atoms with Gasteiger partial charge in [0, 0.05) is 19.1 Å². The molecule has 17 heavy (non-hydrogen) atoms. The summed E-state index contributed by atoms with van der Waals surface area (Å²) in [6.07, 6.45) is 1.26. The van der Waals surface area contributed by atoms with Gasteiger partial charge in [0.2, 0.25) is 0 Å². The smallest absolute Gasteiger partial charge is 0.123 e. The van der Waals surface area contributed by atoms with Gasteiger partial charge in [0.15, 0.2) is 0 Å². The second-order valence-electron chi connectivity index (χ2n) is 5.11. The molecule has 1 saturated heterocycles. The highest BCUT2D eigenvalue weighted by Crippen LogP contribution is 2.17. The van der Waals surface area contributed by atoms with Gasteiger partial charge in [-0.25, -0.2) is 4.39 Å². The predicted octanol–water partition coefficient (Wildman–Crippen LogP) is 2.26. The van der Waals surface area contributed by atoms with Crippen molar-refractivity contribution in [1.29, 1.82) is 0 Å². The maximum absolute atomic E-state index is 12.8. The minimum atomic E-state index is -0.162. The summed E-state index contributed by atoms with van der Waals surface area (Å²) in [5, 5.41) is 3.47. The van der Waals surface area contributed by atoms with E-state index in [0.29, 0.717) is 6.04 Å². The van der Waals surface area contributed by atoms with Crippen molar-refractivity contribution in [3.8, 4) is 0 Å². The van der Waals surface area contributed by atoms with Crippen molar-refractivity contribution in [2.75, 3.05) is 20.1 Å². The maximum Gasteiger partial charge on any atom is 0.123 e. The number of benzene rings is 1. The molecule has 0 aromatic heterocycles. The molecule has 0 amide bonds. The molecule has 1 aliphatic heterocycles. The summed E-state index contributed by atoms with van der Waals surface area (Å²) in [5.41, 5.74) is 1.17. The third-order valence-electron chi connectivity index (χ3n) is 3.60. The zero-order valence-corrected chi connectivity index (χ0v) is 10.6. The van der Waals surface area contributed by atoms with Gasteiger partial charge in [-0.3, -0.25) is 0 Å². The number of halogens is 1. The van der Waals surface area contributed by atoms with Crippen LogP contribution in [-0.4, -0.2) is 31.1 Å². The second-order valence-corrected chi connectivity index (χ2v) is 5.11. The zero-order valence-electron chi connectivity index (χ0n) is 10.6. The Morgan fingerprint density at radius 3 is 2.65 bits per heavy atom. The molecule has 1 aromatic rings. The van der Waals surface area contributed by atoms with Gasteiger partial charge in [-0.2, -0.15) is 0 Å². The number of hydrogen-bond acceptors (Lipinski definition) is 2. The summed E-state index contributed by atoms with van der Waals surface area (Å²) in [5.74, 6) is 0.575. The molecule has 0 radical (unpaired) electrons. The lowest BCUT2D eigenvalue weighted by molar-refractivity contribution is 0.259. The fraction of sp³-hybridized carbons (Fsp3) is 0.571. The number of nitrogens with one attached hydrogen (secondary N) is 1. The fourth-order valence-electron chi connectivity index (χ4n) is 2.53. The Hall–Kier alpha value is -0.930. The first-order valence-corrected chi connectivity index (χ1v) is 6.31. The standard InChI is InChI=1S/C14H21FN2/c1-11-13(7-8-16-11)10-17(2)9-12-3-5-14(15)6-4-12/h3-6,11,13,16H,7-10H2,1-2H3. The van der Waals surface area contributed by atoms with Gasteiger partial charge in [0.05, 0.1) is 0 Å². The first-order chi connectivity index (χ1) is 8.15. The van der Waals surface area contributed by atoms with Gasteiger partial charge >= 0.3 is 0 Å².